The van der Waals surface area contributed by atoms with Gasteiger partial charge in [-0.05, 0) is 53.9 Å². The summed E-state index contributed by atoms with van der Waals surface area (Å²) in [6.07, 6.45) is 3.31. The van der Waals surface area contributed by atoms with Crippen molar-refractivity contribution in [2.45, 2.75) is 38.9 Å². The van der Waals surface area contributed by atoms with Crippen molar-refractivity contribution >= 4 is 52.8 Å². The normalized spacial score (nSPS) is 13.0. The highest BCUT2D eigenvalue weighted by Gasteiger charge is 2.22. The molecule has 1 aromatic heterocycles. The number of carbonyl (C=O) groups excluding carboxylic acids is 2. The first-order chi connectivity index (χ1) is 16.6. The predicted molar refractivity (Wildman–Crippen MR) is 141 cm³/mol. The Bertz CT molecular complexity index is 1280. The Kier molecular flexibility index (Phi) is 8.28. The number of carbonyl (C=O) groups is 2. The average Bonchev–Trinajstić information content (AvgIpc) is 3.27. The van der Waals surface area contributed by atoms with Crippen molar-refractivity contribution in [1.82, 2.24) is 5.09 Å². The number of rotatable bonds is 11. The predicted octanol–water partition coefficient (Wildman–Crippen LogP) is 7.08. The van der Waals surface area contributed by atoms with Gasteiger partial charge >= 0.3 is 5.97 Å². The Hall–Kier alpha value is -2.79. The van der Waals surface area contributed by atoms with E-state index in [1.165, 1.54) is 11.3 Å². The molecule has 0 aliphatic heterocycles. The van der Waals surface area contributed by atoms with Gasteiger partial charge in [-0.1, -0.05) is 55.8 Å². The van der Waals surface area contributed by atoms with E-state index in [1.807, 2.05) is 49.4 Å². The van der Waals surface area contributed by atoms with Crippen LogP contribution in [0.15, 0.2) is 66.7 Å². The van der Waals surface area contributed by atoms with Crippen molar-refractivity contribution in [3.8, 4) is 5.75 Å². The van der Waals surface area contributed by atoms with Gasteiger partial charge in [0.2, 0.25) is 0 Å². The Balaban J connectivity index is 1.57. The van der Waals surface area contributed by atoms with E-state index in [9.17, 15) is 9.59 Å². The van der Waals surface area contributed by atoms with Crippen LogP contribution in [-0.4, -0.2) is 24.9 Å². The molecule has 0 saturated carbocycles. The molecule has 1 N–H and O–H groups in total. The van der Waals surface area contributed by atoms with Crippen LogP contribution in [0.5, 0.6) is 5.75 Å². The molecule has 2 atom stereocenters. The lowest BCUT2D eigenvalue weighted by atomic mass is 10.1. The molecule has 4 aromatic rings. The highest BCUT2D eigenvalue weighted by atomic mass is 32.1. The zero-order valence-electron chi connectivity index (χ0n) is 19.3. The molecule has 176 valence electrons. The van der Waals surface area contributed by atoms with Crippen molar-refractivity contribution < 1.29 is 18.8 Å². The van der Waals surface area contributed by atoms with Crippen molar-refractivity contribution in [3.05, 3.63) is 77.2 Å². The minimum absolute atomic E-state index is 0.272. The van der Waals surface area contributed by atoms with Crippen LogP contribution >= 0.6 is 19.6 Å². The third-order valence-corrected chi connectivity index (χ3v) is 8.22. The fourth-order valence-corrected chi connectivity index (χ4v) is 6.18. The second-order valence-corrected chi connectivity index (χ2v) is 10.7. The molecule has 3 aromatic carbocycles. The Morgan fingerprint density at radius 3 is 2.74 bits per heavy atom. The van der Waals surface area contributed by atoms with Crippen molar-refractivity contribution in [2.75, 3.05) is 6.61 Å². The van der Waals surface area contributed by atoms with Gasteiger partial charge in [-0.25, -0.2) is 0 Å². The number of ether oxygens (including phenoxy) is 1. The maximum atomic E-state index is 12.5. The maximum absolute atomic E-state index is 12.5. The molecule has 4 rings (SSSR count). The fourth-order valence-electron chi connectivity index (χ4n) is 3.64. The third-order valence-electron chi connectivity index (χ3n) is 5.43. The fraction of sp³-hybridized carbons (Fsp3) is 0.259. The number of unbranched alkanes of at least 4 members (excludes halogenated alkanes) is 1. The largest absolute Gasteiger partial charge is 0.465 e. The van der Waals surface area contributed by atoms with Gasteiger partial charge in [0.15, 0.2) is 14.6 Å². The van der Waals surface area contributed by atoms with E-state index >= 15 is 0 Å². The SMILES string of the molecule is CCCCOC(=O)C(C)NP(Cc1ccc2sc(C=O)cc2c1)Oc1cccc2ccccc12. The van der Waals surface area contributed by atoms with Crippen LogP contribution in [0.1, 0.15) is 41.9 Å². The molecule has 0 bridgehead atoms. The number of thiophene rings is 1. The quantitative estimate of drug-likeness (QED) is 0.105. The van der Waals surface area contributed by atoms with E-state index in [2.05, 4.69) is 36.3 Å². The summed E-state index contributed by atoms with van der Waals surface area (Å²) in [4.78, 5) is 24.4. The van der Waals surface area contributed by atoms with Crippen molar-refractivity contribution in [2.24, 2.45) is 0 Å². The van der Waals surface area contributed by atoms with Crippen molar-refractivity contribution in [3.63, 3.8) is 0 Å². The molecule has 5 nitrogen and oxygen atoms in total. The smallest absolute Gasteiger partial charge is 0.323 e. The number of hydrogen-bond donors (Lipinski definition) is 1. The van der Waals surface area contributed by atoms with Crippen molar-refractivity contribution in [1.29, 1.82) is 0 Å². The van der Waals surface area contributed by atoms with Gasteiger partial charge < -0.3 is 9.26 Å². The molecular formula is C27H28NO4PS. The molecule has 0 amide bonds. The lowest BCUT2D eigenvalue weighted by molar-refractivity contribution is -0.145. The number of nitrogens with one attached hydrogen (secondary N) is 1. The van der Waals surface area contributed by atoms with Gasteiger partial charge in [-0.2, -0.15) is 0 Å². The zero-order chi connectivity index (χ0) is 23.9. The molecule has 2 unspecified atom stereocenters. The van der Waals surface area contributed by atoms with Crippen LogP contribution < -0.4 is 9.61 Å². The topological polar surface area (TPSA) is 64.6 Å². The van der Waals surface area contributed by atoms with Gasteiger partial charge in [-0.15, -0.1) is 11.3 Å². The molecule has 1 heterocycles. The summed E-state index contributed by atoms with van der Waals surface area (Å²) in [6, 6.07) is 21.7. The van der Waals surface area contributed by atoms with Crippen LogP contribution in [0.25, 0.3) is 20.9 Å². The molecule has 0 aliphatic carbocycles. The number of benzene rings is 3. The molecular weight excluding hydrogens is 465 g/mol. The van der Waals surface area contributed by atoms with E-state index in [0.29, 0.717) is 17.6 Å². The monoisotopic (exact) mass is 493 g/mol. The van der Waals surface area contributed by atoms with Gasteiger partial charge in [0, 0.05) is 16.2 Å². The van der Waals surface area contributed by atoms with Crippen LogP contribution in [-0.2, 0) is 15.7 Å². The van der Waals surface area contributed by atoms with E-state index in [4.69, 9.17) is 9.26 Å². The second kappa shape index (κ2) is 11.6. The number of fused-ring (bicyclic) bond motifs is 2. The van der Waals surface area contributed by atoms with Crippen LogP contribution in [0.2, 0.25) is 0 Å². The molecule has 0 spiro atoms. The molecule has 0 radical (unpaired) electrons. The summed E-state index contributed by atoms with van der Waals surface area (Å²) in [7, 11) is -1.25. The molecule has 0 saturated heterocycles. The molecule has 34 heavy (non-hydrogen) atoms. The highest BCUT2D eigenvalue weighted by molar-refractivity contribution is 7.50. The highest BCUT2D eigenvalue weighted by Crippen LogP contribution is 2.42. The molecule has 7 heteroatoms. The standard InChI is InChI=1S/C27H28NO4PS/c1-3-4-14-31-27(30)19(2)28-33(32-25-11-7-9-21-8-5-6-10-24(21)25)18-20-12-13-26-22(15-20)16-23(17-29)34-26/h5-13,15-17,19,28H,3-4,14,18H2,1-2H3. The first-order valence-electron chi connectivity index (χ1n) is 11.4. The van der Waals surface area contributed by atoms with Gasteiger partial charge in [0.25, 0.3) is 0 Å². The van der Waals surface area contributed by atoms with Gasteiger partial charge in [0.05, 0.1) is 11.5 Å². The summed E-state index contributed by atoms with van der Waals surface area (Å²) in [6.45, 7) is 4.31. The second-order valence-electron chi connectivity index (χ2n) is 8.12. The first kappa shape index (κ1) is 24.3. The Labute approximate surface area is 205 Å². The summed E-state index contributed by atoms with van der Waals surface area (Å²) < 4.78 is 13.0. The number of esters is 1. The lowest BCUT2D eigenvalue weighted by Crippen LogP contribution is -2.33. The summed E-state index contributed by atoms with van der Waals surface area (Å²) >= 11 is 1.48. The maximum Gasteiger partial charge on any atom is 0.323 e. The van der Waals surface area contributed by atoms with E-state index in [1.54, 1.807) is 0 Å². The van der Waals surface area contributed by atoms with E-state index < -0.39 is 14.3 Å². The number of aldehydes is 1. The van der Waals surface area contributed by atoms with E-state index in [-0.39, 0.29) is 5.97 Å². The minimum atomic E-state index is -1.25. The Morgan fingerprint density at radius 1 is 1.09 bits per heavy atom. The minimum Gasteiger partial charge on any atom is -0.465 e. The Morgan fingerprint density at radius 2 is 1.91 bits per heavy atom. The van der Waals surface area contributed by atoms with Crippen LogP contribution in [0.3, 0.4) is 0 Å². The van der Waals surface area contributed by atoms with Crippen LogP contribution in [0, 0.1) is 0 Å². The van der Waals surface area contributed by atoms with Crippen LogP contribution in [0.4, 0.5) is 0 Å². The molecule has 0 fully saturated rings. The summed E-state index contributed by atoms with van der Waals surface area (Å²) in [5.74, 6) is 0.509. The van der Waals surface area contributed by atoms with Gasteiger partial charge in [-0.3, -0.25) is 14.7 Å². The lowest BCUT2D eigenvalue weighted by Gasteiger charge is -2.23. The van der Waals surface area contributed by atoms with Gasteiger partial charge in [0.1, 0.15) is 11.8 Å². The van der Waals surface area contributed by atoms with E-state index in [0.717, 1.165) is 51.3 Å². The number of hydrogen-bond acceptors (Lipinski definition) is 6. The third kappa shape index (κ3) is 6.01. The zero-order valence-corrected chi connectivity index (χ0v) is 21.0. The summed E-state index contributed by atoms with van der Waals surface area (Å²) in [5, 5.41) is 6.55. The average molecular weight is 494 g/mol. The summed E-state index contributed by atoms with van der Waals surface area (Å²) in [5.41, 5.74) is 1.08. The molecule has 0 aliphatic rings. The first-order valence-corrected chi connectivity index (χ1v) is 13.7.